The highest BCUT2D eigenvalue weighted by molar-refractivity contribution is 5.93. The van der Waals surface area contributed by atoms with Gasteiger partial charge in [-0.05, 0) is 39.8 Å². The molecule has 5 nitrogen and oxygen atoms in total. The van der Waals surface area contributed by atoms with E-state index in [4.69, 9.17) is 15.2 Å². The summed E-state index contributed by atoms with van der Waals surface area (Å²) in [4.78, 5) is 11.9. The van der Waals surface area contributed by atoms with Gasteiger partial charge in [-0.3, -0.25) is 0 Å². The standard InChI is InChI=1S/C14H22N2O3/c1-8(2)18-12-7-10(14(17)19-9(3)4)6-11(16-5)13(12)15/h6-9,16H,15H2,1-5H3. The second kappa shape index (κ2) is 6.31. The number of benzene rings is 1. The van der Waals surface area contributed by atoms with E-state index < -0.39 is 0 Å². The molecule has 0 amide bonds. The smallest absolute Gasteiger partial charge is 0.338 e. The van der Waals surface area contributed by atoms with Crippen molar-refractivity contribution in [2.24, 2.45) is 0 Å². The van der Waals surface area contributed by atoms with Crippen LogP contribution in [-0.2, 0) is 4.74 Å². The lowest BCUT2D eigenvalue weighted by Crippen LogP contribution is -2.14. The van der Waals surface area contributed by atoms with E-state index in [0.717, 1.165) is 0 Å². The van der Waals surface area contributed by atoms with Crippen LogP contribution in [0.1, 0.15) is 38.1 Å². The summed E-state index contributed by atoms with van der Waals surface area (Å²) in [6.45, 7) is 7.41. The molecule has 0 aliphatic rings. The fourth-order valence-electron chi connectivity index (χ4n) is 1.58. The summed E-state index contributed by atoms with van der Waals surface area (Å²) in [5, 5.41) is 2.94. The maximum atomic E-state index is 11.9. The van der Waals surface area contributed by atoms with E-state index in [1.807, 2.05) is 13.8 Å². The molecule has 106 valence electrons. The lowest BCUT2D eigenvalue weighted by molar-refractivity contribution is 0.0377. The van der Waals surface area contributed by atoms with E-state index in [9.17, 15) is 4.79 Å². The molecule has 0 atom stereocenters. The molecule has 19 heavy (non-hydrogen) atoms. The van der Waals surface area contributed by atoms with Gasteiger partial charge in [0.15, 0.2) is 0 Å². The largest absolute Gasteiger partial charge is 0.489 e. The zero-order chi connectivity index (χ0) is 14.6. The molecule has 1 aromatic carbocycles. The topological polar surface area (TPSA) is 73.6 Å². The maximum Gasteiger partial charge on any atom is 0.338 e. The minimum Gasteiger partial charge on any atom is -0.489 e. The van der Waals surface area contributed by atoms with Crippen molar-refractivity contribution in [3.63, 3.8) is 0 Å². The minimum absolute atomic E-state index is 0.0247. The number of carbonyl (C=O) groups is 1. The second-order valence-electron chi connectivity index (χ2n) is 4.81. The highest BCUT2D eigenvalue weighted by Crippen LogP contribution is 2.32. The second-order valence-corrected chi connectivity index (χ2v) is 4.81. The summed E-state index contributed by atoms with van der Waals surface area (Å²) < 4.78 is 10.8. The Labute approximate surface area is 114 Å². The molecular weight excluding hydrogens is 244 g/mol. The average molecular weight is 266 g/mol. The molecule has 0 saturated heterocycles. The summed E-state index contributed by atoms with van der Waals surface area (Å²) in [5.41, 5.74) is 7.52. The molecule has 3 N–H and O–H groups in total. The van der Waals surface area contributed by atoms with Gasteiger partial charge in [0.05, 0.1) is 29.1 Å². The molecule has 1 aromatic rings. The Hall–Kier alpha value is -1.91. The van der Waals surface area contributed by atoms with Gasteiger partial charge in [0.2, 0.25) is 0 Å². The number of ether oxygens (including phenoxy) is 2. The number of carbonyl (C=O) groups excluding carboxylic acids is 1. The van der Waals surface area contributed by atoms with Crippen LogP contribution in [-0.4, -0.2) is 25.2 Å². The van der Waals surface area contributed by atoms with Gasteiger partial charge in [-0.2, -0.15) is 0 Å². The molecule has 0 saturated carbocycles. The predicted molar refractivity (Wildman–Crippen MR) is 76.7 cm³/mol. The Morgan fingerprint density at radius 1 is 1.21 bits per heavy atom. The number of hydrogen-bond donors (Lipinski definition) is 2. The molecule has 0 aromatic heterocycles. The van der Waals surface area contributed by atoms with Gasteiger partial charge in [0.25, 0.3) is 0 Å². The van der Waals surface area contributed by atoms with E-state index in [-0.39, 0.29) is 18.2 Å². The Morgan fingerprint density at radius 3 is 2.32 bits per heavy atom. The first-order chi connectivity index (χ1) is 8.85. The van der Waals surface area contributed by atoms with Crippen LogP contribution in [0.15, 0.2) is 12.1 Å². The summed E-state index contributed by atoms with van der Waals surface area (Å²) in [6, 6.07) is 3.27. The number of esters is 1. The zero-order valence-corrected chi connectivity index (χ0v) is 12.1. The number of rotatable bonds is 5. The SMILES string of the molecule is CNc1cc(C(=O)OC(C)C)cc(OC(C)C)c1N. The Balaban J connectivity index is 3.15. The van der Waals surface area contributed by atoms with Crippen LogP contribution >= 0.6 is 0 Å². The summed E-state index contributed by atoms with van der Waals surface area (Å²) in [7, 11) is 1.74. The monoisotopic (exact) mass is 266 g/mol. The number of nitrogens with two attached hydrogens (primary N) is 1. The molecular formula is C14H22N2O3. The van der Waals surface area contributed by atoms with Crippen LogP contribution in [0.2, 0.25) is 0 Å². The van der Waals surface area contributed by atoms with Crippen molar-refractivity contribution in [2.45, 2.75) is 39.9 Å². The Kier molecular flexibility index (Phi) is 5.03. The third-order valence-electron chi connectivity index (χ3n) is 2.35. The first kappa shape index (κ1) is 15.1. The van der Waals surface area contributed by atoms with Crippen LogP contribution < -0.4 is 15.8 Å². The predicted octanol–water partition coefficient (Wildman–Crippen LogP) is 2.66. The van der Waals surface area contributed by atoms with Crippen molar-refractivity contribution in [1.29, 1.82) is 0 Å². The van der Waals surface area contributed by atoms with Gasteiger partial charge in [-0.1, -0.05) is 0 Å². The number of nitrogen functional groups attached to an aromatic ring is 1. The van der Waals surface area contributed by atoms with Crippen molar-refractivity contribution in [1.82, 2.24) is 0 Å². The average Bonchev–Trinajstić information content (AvgIpc) is 2.30. The molecule has 0 spiro atoms. The lowest BCUT2D eigenvalue weighted by Gasteiger charge is -2.17. The van der Waals surface area contributed by atoms with Gasteiger partial charge >= 0.3 is 5.97 Å². The molecule has 0 unspecified atom stereocenters. The molecule has 0 fully saturated rings. The molecule has 0 heterocycles. The third kappa shape index (κ3) is 4.05. The summed E-state index contributed by atoms with van der Waals surface area (Å²) >= 11 is 0. The Bertz CT molecular complexity index is 456. The van der Waals surface area contributed by atoms with Gasteiger partial charge < -0.3 is 20.5 Å². The van der Waals surface area contributed by atoms with Crippen molar-refractivity contribution in [3.8, 4) is 5.75 Å². The highest BCUT2D eigenvalue weighted by Gasteiger charge is 2.16. The van der Waals surface area contributed by atoms with Gasteiger partial charge in [-0.15, -0.1) is 0 Å². The molecule has 0 bridgehead atoms. The fraction of sp³-hybridized carbons (Fsp3) is 0.500. The van der Waals surface area contributed by atoms with Crippen LogP contribution in [0.5, 0.6) is 5.75 Å². The first-order valence-corrected chi connectivity index (χ1v) is 6.34. The third-order valence-corrected chi connectivity index (χ3v) is 2.35. The van der Waals surface area contributed by atoms with Gasteiger partial charge in [0, 0.05) is 7.05 Å². The maximum absolute atomic E-state index is 11.9. The first-order valence-electron chi connectivity index (χ1n) is 6.34. The van der Waals surface area contributed by atoms with E-state index in [1.165, 1.54) is 0 Å². The van der Waals surface area contributed by atoms with Crippen molar-refractivity contribution in [2.75, 3.05) is 18.1 Å². The zero-order valence-electron chi connectivity index (χ0n) is 12.1. The molecule has 1 rings (SSSR count). The minimum atomic E-state index is -0.389. The fourth-order valence-corrected chi connectivity index (χ4v) is 1.58. The molecule has 0 radical (unpaired) electrons. The highest BCUT2D eigenvalue weighted by atomic mass is 16.5. The Morgan fingerprint density at radius 2 is 1.84 bits per heavy atom. The number of nitrogens with one attached hydrogen (secondary N) is 1. The van der Waals surface area contributed by atoms with Crippen molar-refractivity contribution < 1.29 is 14.3 Å². The lowest BCUT2D eigenvalue weighted by atomic mass is 10.1. The molecule has 0 aliphatic carbocycles. The summed E-state index contributed by atoms with van der Waals surface area (Å²) in [6.07, 6.45) is -0.194. The van der Waals surface area contributed by atoms with Crippen LogP contribution in [0, 0.1) is 0 Å². The molecule has 5 heteroatoms. The van der Waals surface area contributed by atoms with Crippen LogP contribution in [0.25, 0.3) is 0 Å². The van der Waals surface area contributed by atoms with Crippen molar-refractivity contribution in [3.05, 3.63) is 17.7 Å². The normalized spacial score (nSPS) is 10.7. The van der Waals surface area contributed by atoms with Gasteiger partial charge in [-0.25, -0.2) is 4.79 Å². The van der Waals surface area contributed by atoms with E-state index in [0.29, 0.717) is 22.7 Å². The number of hydrogen-bond acceptors (Lipinski definition) is 5. The van der Waals surface area contributed by atoms with E-state index >= 15 is 0 Å². The quantitative estimate of drug-likeness (QED) is 0.633. The van der Waals surface area contributed by atoms with Crippen molar-refractivity contribution >= 4 is 17.3 Å². The van der Waals surface area contributed by atoms with E-state index in [2.05, 4.69) is 5.32 Å². The van der Waals surface area contributed by atoms with Crippen LogP contribution in [0.3, 0.4) is 0 Å². The van der Waals surface area contributed by atoms with Gasteiger partial charge in [0.1, 0.15) is 5.75 Å². The molecule has 0 aliphatic heterocycles. The summed E-state index contributed by atoms with van der Waals surface area (Å²) in [5.74, 6) is 0.0951. The van der Waals surface area contributed by atoms with E-state index in [1.54, 1.807) is 33.0 Å². The number of anilines is 2. The van der Waals surface area contributed by atoms with Crippen LogP contribution in [0.4, 0.5) is 11.4 Å².